The summed E-state index contributed by atoms with van der Waals surface area (Å²) in [5.41, 5.74) is 1.59. The molecule has 5 aliphatic carbocycles. The Morgan fingerprint density at radius 1 is 1.06 bits per heavy atom. The first kappa shape index (κ1) is 23.5. The van der Waals surface area contributed by atoms with Gasteiger partial charge in [0.1, 0.15) is 5.82 Å². The van der Waals surface area contributed by atoms with Crippen LogP contribution in [-0.2, 0) is 11.3 Å². The van der Waals surface area contributed by atoms with Gasteiger partial charge in [0, 0.05) is 11.6 Å². The predicted octanol–water partition coefficient (Wildman–Crippen LogP) is 6.06. The van der Waals surface area contributed by atoms with Gasteiger partial charge in [-0.3, -0.25) is 4.79 Å². The smallest absolute Gasteiger partial charge is 0.335 e. The van der Waals surface area contributed by atoms with E-state index in [1.807, 2.05) is 0 Å². The molecule has 5 aliphatic rings. The maximum Gasteiger partial charge on any atom is 0.335 e. The second-order valence-electron chi connectivity index (χ2n) is 11.5. The molecule has 7 rings (SSSR count). The van der Waals surface area contributed by atoms with Crippen LogP contribution >= 0.6 is 0 Å². The van der Waals surface area contributed by atoms with Crippen LogP contribution in [0.5, 0.6) is 0 Å². The van der Waals surface area contributed by atoms with Gasteiger partial charge in [0.05, 0.1) is 23.5 Å². The highest BCUT2D eigenvalue weighted by Gasteiger charge is 2.51. The summed E-state index contributed by atoms with van der Waals surface area (Å²) in [5, 5.41) is 12.2. The second-order valence-corrected chi connectivity index (χ2v) is 11.5. The van der Waals surface area contributed by atoms with E-state index >= 15 is 0 Å². The van der Waals surface area contributed by atoms with Crippen LogP contribution in [0.25, 0.3) is 0 Å². The maximum atomic E-state index is 13.4. The van der Waals surface area contributed by atoms with Crippen LogP contribution in [0, 0.1) is 17.8 Å². The first-order valence-electron chi connectivity index (χ1n) is 13.5. The third-order valence-corrected chi connectivity index (χ3v) is 8.80. The molecule has 0 unspecified atom stereocenters. The molecule has 0 atom stereocenters. The van der Waals surface area contributed by atoms with Crippen molar-refractivity contribution in [3.05, 3.63) is 59.2 Å². The molecular formula is C29H35N3O4. The number of benzene rings is 1. The number of H-pyrrole nitrogens is 1. The van der Waals surface area contributed by atoms with E-state index in [-0.39, 0.29) is 23.0 Å². The van der Waals surface area contributed by atoms with Crippen LogP contribution in [0.15, 0.2) is 36.4 Å². The Labute approximate surface area is 211 Å². The lowest BCUT2D eigenvalue weighted by atomic mass is 9.54. The zero-order valence-electron chi connectivity index (χ0n) is 20.7. The number of ether oxygens (including phenoxy) is 1. The Bertz CT molecular complexity index is 1140. The van der Waals surface area contributed by atoms with Gasteiger partial charge in [-0.2, -0.15) is 0 Å². The molecule has 1 aromatic heterocycles. The predicted molar refractivity (Wildman–Crippen MR) is 136 cm³/mol. The largest absolute Gasteiger partial charge is 0.478 e. The minimum absolute atomic E-state index is 0.0597. The van der Waals surface area contributed by atoms with Crippen molar-refractivity contribution in [2.24, 2.45) is 17.8 Å². The standard InChI is InChI=1S/C29H35N3O4/c33-27(30-23-9-5-8-22(13-23)28(34)35)25-24(31-26(32-25)21-6-3-1-2-4-7-21)17-36-29-14-18-10-19(15-29)12-20(11-18)16-29/h1-2,5,8-9,13,18-21H,3-4,6-7,10-12,14-17H2,(H,30,33)(H,31,32)(H,34,35). The molecule has 0 saturated heterocycles. The van der Waals surface area contributed by atoms with Crippen molar-refractivity contribution in [3.8, 4) is 0 Å². The van der Waals surface area contributed by atoms with Gasteiger partial charge in [-0.25, -0.2) is 9.78 Å². The fraction of sp³-hybridized carbons (Fsp3) is 0.552. The van der Waals surface area contributed by atoms with Crippen LogP contribution in [0.3, 0.4) is 0 Å². The van der Waals surface area contributed by atoms with Crippen molar-refractivity contribution in [2.75, 3.05) is 5.32 Å². The summed E-state index contributed by atoms with van der Waals surface area (Å²) in [5.74, 6) is 2.13. The zero-order chi connectivity index (χ0) is 24.7. The highest BCUT2D eigenvalue weighted by molar-refractivity contribution is 6.04. The molecule has 7 heteroatoms. The van der Waals surface area contributed by atoms with E-state index in [1.165, 1.54) is 31.4 Å². The molecule has 2 aromatic rings. The number of carboxylic acid groups (broad SMARTS) is 1. The molecule has 7 nitrogen and oxygen atoms in total. The van der Waals surface area contributed by atoms with Crippen LogP contribution in [-0.4, -0.2) is 32.6 Å². The van der Waals surface area contributed by atoms with Crippen LogP contribution < -0.4 is 5.32 Å². The molecule has 3 N–H and O–H groups in total. The number of nitrogens with zero attached hydrogens (tertiary/aromatic N) is 1. The van der Waals surface area contributed by atoms with E-state index in [4.69, 9.17) is 9.72 Å². The van der Waals surface area contributed by atoms with E-state index in [1.54, 1.807) is 12.1 Å². The highest BCUT2D eigenvalue weighted by Crippen LogP contribution is 2.57. The topological polar surface area (TPSA) is 104 Å². The lowest BCUT2D eigenvalue weighted by molar-refractivity contribution is -0.169. The lowest BCUT2D eigenvalue weighted by Crippen LogP contribution is -2.51. The van der Waals surface area contributed by atoms with Gasteiger partial charge in [0.15, 0.2) is 5.69 Å². The molecule has 1 aromatic carbocycles. The van der Waals surface area contributed by atoms with E-state index in [9.17, 15) is 14.7 Å². The van der Waals surface area contributed by atoms with Crippen molar-refractivity contribution < 1.29 is 19.4 Å². The molecule has 0 radical (unpaired) electrons. The number of anilines is 1. The third kappa shape index (κ3) is 4.73. The van der Waals surface area contributed by atoms with Crippen LogP contribution in [0.4, 0.5) is 5.69 Å². The fourth-order valence-corrected chi connectivity index (χ4v) is 7.52. The van der Waals surface area contributed by atoms with Crippen LogP contribution in [0.2, 0.25) is 0 Å². The molecule has 0 spiro atoms. The summed E-state index contributed by atoms with van der Waals surface area (Å²) in [4.78, 5) is 33.1. The van der Waals surface area contributed by atoms with E-state index in [2.05, 4.69) is 22.5 Å². The van der Waals surface area contributed by atoms with E-state index < -0.39 is 5.97 Å². The Morgan fingerprint density at radius 3 is 2.36 bits per heavy atom. The monoisotopic (exact) mass is 489 g/mol. The number of carbonyl (C=O) groups excluding carboxylic acids is 1. The van der Waals surface area contributed by atoms with E-state index in [0.29, 0.717) is 18.0 Å². The first-order chi connectivity index (χ1) is 17.5. The number of hydrogen-bond acceptors (Lipinski definition) is 4. The summed E-state index contributed by atoms with van der Waals surface area (Å²) in [6, 6.07) is 6.30. The van der Waals surface area contributed by atoms with E-state index in [0.717, 1.165) is 74.2 Å². The quantitative estimate of drug-likeness (QED) is 0.410. The lowest BCUT2D eigenvalue weighted by Gasteiger charge is -2.56. The van der Waals surface area contributed by atoms with Crippen molar-refractivity contribution >= 4 is 17.6 Å². The van der Waals surface area contributed by atoms with Gasteiger partial charge in [-0.1, -0.05) is 18.2 Å². The average Bonchev–Trinajstić information content (AvgIpc) is 3.08. The number of carboxylic acids is 1. The summed E-state index contributed by atoms with van der Waals surface area (Å²) in [6.45, 7) is 0.349. The molecule has 0 aliphatic heterocycles. The normalized spacial score (nSPS) is 29.3. The molecular weight excluding hydrogens is 454 g/mol. The second kappa shape index (κ2) is 9.51. The summed E-state index contributed by atoms with van der Waals surface area (Å²) in [6.07, 6.45) is 15.9. The highest BCUT2D eigenvalue weighted by atomic mass is 16.5. The Kier molecular flexibility index (Phi) is 6.20. The molecule has 4 bridgehead atoms. The summed E-state index contributed by atoms with van der Waals surface area (Å²) >= 11 is 0. The SMILES string of the molecule is O=C(O)c1cccc(NC(=O)c2nc(C3CCC=CCC3)[nH]c2COC23CC4CC(CC(C4)C2)C3)c1. The molecule has 190 valence electrons. The number of rotatable bonds is 7. The number of imidazole rings is 1. The van der Waals surface area contributed by atoms with Gasteiger partial charge in [-0.05, 0) is 100 Å². The van der Waals surface area contributed by atoms with Gasteiger partial charge in [0.2, 0.25) is 0 Å². The molecule has 4 saturated carbocycles. The Morgan fingerprint density at radius 2 is 1.72 bits per heavy atom. The van der Waals surface area contributed by atoms with Crippen LogP contribution in [0.1, 0.15) is 102 Å². The summed E-state index contributed by atoms with van der Waals surface area (Å²) in [7, 11) is 0. The number of amides is 1. The average molecular weight is 490 g/mol. The number of aromatic amines is 1. The molecule has 1 heterocycles. The van der Waals surface area contributed by atoms with Gasteiger partial charge < -0.3 is 20.1 Å². The molecule has 36 heavy (non-hydrogen) atoms. The van der Waals surface area contributed by atoms with Crippen molar-refractivity contribution in [1.29, 1.82) is 0 Å². The number of aromatic nitrogens is 2. The third-order valence-electron chi connectivity index (χ3n) is 8.80. The number of aromatic carboxylic acids is 1. The number of nitrogens with one attached hydrogen (secondary N) is 2. The number of carbonyl (C=O) groups is 2. The minimum atomic E-state index is -1.03. The molecule has 1 amide bonds. The Balaban J connectivity index is 1.24. The Hall–Kier alpha value is -2.93. The number of hydrogen-bond donors (Lipinski definition) is 3. The zero-order valence-corrected chi connectivity index (χ0v) is 20.7. The van der Waals surface area contributed by atoms with Crippen molar-refractivity contribution in [1.82, 2.24) is 9.97 Å². The van der Waals surface area contributed by atoms with Gasteiger partial charge in [0.25, 0.3) is 5.91 Å². The maximum absolute atomic E-state index is 13.4. The number of allylic oxidation sites excluding steroid dienone is 2. The van der Waals surface area contributed by atoms with Gasteiger partial charge in [-0.15, -0.1) is 0 Å². The first-order valence-corrected chi connectivity index (χ1v) is 13.5. The summed E-state index contributed by atoms with van der Waals surface area (Å²) < 4.78 is 6.70. The van der Waals surface area contributed by atoms with Crippen molar-refractivity contribution in [3.63, 3.8) is 0 Å². The molecule has 4 fully saturated rings. The minimum Gasteiger partial charge on any atom is -0.478 e. The fourth-order valence-electron chi connectivity index (χ4n) is 7.52. The van der Waals surface area contributed by atoms with Gasteiger partial charge >= 0.3 is 5.97 Å². The van der Waals surface area contributed by atoms with Crippen molar-refractivity contribution in [2.45, 2.75) is 82.3 Å².